The zero-order chi connectivity index (χ0) is 18.4. The summed E-state index contributed by atoms with van der Waals surface area (Å²) in [5.41, 5.74) is 0. The van der Waals surface area contributed by atoms with Crippen molar-refractivity contribution in [2.75, 3.05) is 81.0 Å². The molecular weight excluding hydrogens is 331 g/mol. The summed E-state index contributed by atoms with van der Waals surface area (Å²) in [5, 5.41) is 6.27. The lowest BCUT2D eigenvalue weighted by atomic mass is 10.6. The van der Waals surface area contributed by atoms with Crippen molar-refractivity contribution >= 4 is 7.82 Å². The Morgan fingerprint density at radius 1 is 0.652 bits per heavy atom. The summed E-state index contributed by atoms with van der Waals surface area (Å²) in [7, 11) is 2.13. The molecule has 0 aliphatic carbocycles. The highest BCUT2D eigenvalue weighted by atomic mass is 31.2. The van der Waals surface area contributed by atoms with Gasteiger partial charge in [0.15, 0.2) is 0 Å². The second-order valence-electron chi connectivity index (χ2n) is 3.98. The van der Waals surface area contributed by atoms with Crippen molar-refractivity contribution in [1.82, 2.24) is 10.6 Å². The molecule has 0 atom stereocenters. The van der Waals surface area contributed by atoms with Crippen molar-refractivity contribution < 1.29 is 38.2 Å². The quantitative estimate of drug-likeness (QED) is 0.212. The van der Waals surface area contributed by atoms with Gasteiger partial charge >= 0.3 is 7.82 Å². The van der Waals surface area contributed by atoms with Crippen LogP contribution in [0.1, 0.15) is 0 Å². The predicted octanol–water partition coefficient (Wildman–Crippen LogP) is -1.19. The van der Waals surface area contributed by atoms with E-state index in [1.54, 1.807) is 28.4 Å². The van der Waals surface area contributed by atoms with E-state index in [1.165, 1.54) is 0 Å². The van der Waals surface area contributed by atoms with Crippen molar-refractivity contribution in [3.05, 3.63) is 0 Å². The van der Waals surface area contributed by atoms with Crippen molar-refractivity contribution in [2.24, 2.45) is 0 Å². The van der Waals surface area contributed by atoms with E-state index in [1.807, 2.05) is 0 Å². The maximum Gasteiger partial charge on any atom is 0.466 e. The van der Waals surface area contributed by atoms with Crippen LogP contribution in [-0.4, -0.2) is 95.7 Å². The molecule has 0 amide bonds. The summed E-state index contributed by atoms with van der Waals surface area (Å²) in [5.74, 6) is 0. The van der Waals surface area contributed by atoms with Gasteiger partial charge in [-0.3, -0.25) is 0 Å². The highest BCUT2D eigenvalue weighted by Gasteiger charge is 2.00. The second-order valence-corrected chi connectivity index (χ2v) is 5.01. The van der Waals surface area contributed by atoms with Gasteiger partial charge in [-0.2, -0.15) is 0 Å². The lowest BCUT2D eigenvalue weighted by Crippen LogP contribution is -2.23. The van der Waals surface area contributed by atoms with Crippen LogP contribution in [-0.2, 0) is 23.5 Å². The van der Waals surface area contributed by atoms with Crippen molar-refractivity contribution in [1.29, 1.82) is 0 Å². The Morgan fingerprint density at radius 3 is 0.957 bits per heavy atom. The number of nitrogens with one attached hydrogen (secondary N) is 2. The molecule has 0 aromatic rings. The number of methoxy groups -OCH3 is 4. The molecule has 0 aliphatic heterocycles. The van der Waals surface area contributed by atoms with Gasteiger partial charge in [0.25, 0.3) is 0 Å². The summed E-state index contributed by atoms with van der Waals surface area (Å²) in [6.45, 7) is 6.68. The summed E-state index contributed by atoms with van der Waals surface area (Å²) in [4.78, 5) is 21.6. The minimum Gasteiger partial charge on any atom is -0.383 e. The SMILES string of the molecule is COCCNCCOC.COCCNCCOC.O=P(O)(O)O. The maximum atomic E-state index is 8.88. The molecule has 0 unspecified atom stereocenters. The van der Waals surface area contributed by atoms with Gasteiger partial charge in [0.1, 0.15) is 0 Å². The lowest BCUT2D eigenvalue weighted by molar-refractivity contribution is 0.180. The van der Waals surface area contributed by atoms with Gasteiger partial charge in [-0.25, -0.2) is 4.57 Å². The number of ether oxygens (including phenoxy) is 4. The summed E-state index contributed by atoms with van der Waals surface area (Å²) in [6.07, 6.45) is 0. The summed E-state index contributed by atoms with van der Waals surface area (Å²) in [6, 6.07) is 0. The molecule has 0 saturated heterocycles. The molecule has 0 aliphatic rings. The molecule has 11 heteroatoms. The molecule has 0 spiro atoms. The van der Waals surface area contributed by atoms with Gasteiger partial charge in [-0.05, 0) is 0 Å². The molecule has 0 bridgehead atoms. The number of hydrogen-bond acceptors (Lipinski definition) is 7. The van der Waals surface area contributed by atoms with Crippen LogP contribution in [0.25, 0.3) is 0 Å². The zero-order valence-electron chi connectivity index (χ0n) is 14.5. The topological polar surface area (TPSA) is 139 Å². The van der Waals surface area contributed by atoms with Crippen LogP contribution in [0.15, 0.2) is 0 Å². The van der Waals surface area contributed by atoms with Crippen molar-refractivity contribution in [2.45, 2.75) is 0 Å². The Hall–Kier alpha value is -0.130. The van der Waals surface area contributed by atoms with Crippen LogP contribution < -0.4 is 10.6 Å². The third kappa shape index (κ3) is 61.3. The average molecular weight is 364 g/mol. The molecule has 0 radical (unpaired) electrons. The van der Waals surface area contributed by atoms with E-state index < -0.39 is 7.82 Å². The lowest BCUT2D eigenvalue weighted by Gasteiger charge is -2.01. The van der Waals surface area contributed by atoms with E-state index in [-0.39, 0.29) is 0 Å². The number of rotatable bonds is 12. The Labute approximate surface area is 138 Å². The highest BCUT2D eigenvalue weighted by molar-refractivity contribution is 7.45. The number of hydrogen-bond donors (Lipinski definition) is 5. The first-order valence-corrected chi connectivity index (χ1v) is 8.55. The molecule has 23 heavy (non-hydrogen) atoms. The van der Waals surface area contributed by atoms with E-state index in [9.17, 15) is 0 Å². The molecule has 0 fully saturated rings. The monoisotopic (exact) mass is 364 g/mol. The van der Waals surface area contributed by atoms with E-state index in [2.05, 4.69) is 10.6 Å². The Bertz CT molecular complexity index is 209. The summed E-state index contributed by atoms with van der Waals surface area (Å²) >= 11 is 0. The Kier molecular flexibility index (Phi) is 29.1. The molecule has 144 valence electrons. The van der Waals surface area contributed by atoms with Gasteiger partial charge in [0.05, 0.1) is 26.4 Å². The van der Waals surface area contributed by atoms with Crippen LogP contribution in [0.4, 0.5) is 0 Å². The van der Waals surface area contributed by atoms with Gasteiger partial charge in [0, 0.05) is 54.6 Å². The minimum absolute atomic E-state index is 0.768. The van der Waals surface area contributed by atoms with Gasteiger partial charge in [0.2, 0.25) is 0 Å². The molecule has 0 rings (SSSR count). The van der Waals surface area contributed by atoms with Gasteiger partial charge in [-0.15, -0.1) is 0 Å². The molecule has 0 heterocycles. The first kappa shape index (κ1) is 27.7. The smallest absolute Gasteiger partial charge is 0.383 e. The minimum atomic E-state index is -4.64. The molecule has 0 saturated carbocycles. The van der Waals surface area contributed by atoms with Crippen LogP contribution in [0.2, 0.25) is 0 Å². The molecule has 10 nitrogen and oxygen atoms in total. The van der Waals surface area contributed by atoms with Gasteiger partial charge < -0.3 is 44.3 Å². The van der Waals surface area contributed by atoms with E-state index in [4.69, 9.17) is 38.2 Å². The Balaban J connectivity index is -0.000000273. The Morgan fingerprint density at radius 2 is 0.826 bits per heavy atom. The fraction of sp³-hybridized carbons (Fsp3) is 1.00. The first-order valence-electron chi connectivity index (χ1n) is 6.98. The molecule has 0 aromatic carbocycles. The molecule has 5 N–H and O–H groups in total. The van der Waals surface area contributed by atoms with Crippen molar-refractivity contribution in [3.63, 3.8) is 0 Å². The first-order chi connectivity index (χ1) is 10.8. The van der Waals surface area contributed by atoms with E-state index >= 15 is 0 Å². The third-order valence-electron chi connectivity index (χ3n) is 1.93. The van der Waals surface area contributed by atoms with E-state index in [0.29, 0.717) is 0 Å². The van der Waals surface area contributed by atoms with Gasteiger partial charge in [-0.1, -0.05) is 0 Å². The maximum absolute atomic E-state index is 8.88. The van der Waals surface area contributed by atoms with Crippen LogP contribution in [0.5, 0.6) is 0 Å². The number of phosphoric acid groups is 1. The second kappa shape index (κ2) is 24.1. The van der Waals surface area contributed by atoms with Crippen LogP contribution >= 0.6 is 7.82 Å². The zero-order valence-corrected chi connectivity index (χ0v) is 15.4. The van der Waals surface area contributed by atoms with Crippen LogP contribution in [0.3, 0.4) is 0 Å². The van der Waals surface area contributed by atoms with Crippen molar-refractivity contribution in [3.8, 4) is 0 Å². The predicted molar refractivity (Wildman–Crippen MR) is 87.5 cm³/mol. The fourth-order valence-electron chi connectivity index (χ4n) is 0.947. The normalized spacial score (nSPS) is 10.4. The largest absolute Gasteiger partial charge is 0.466 e. The van der Waals surface area contributed by atoms with E-state index in [0.717, 1.165) is 52.6 Å². The summed E-state index contributed by atoms with van der Waals surface area (Å²) < 4.78 is 28.2. The fourth-order valence-corrected chi connectivity index (χ4v) is 0.947. The third-order valence-corrected chi connectivity index (χ3v) is 1.93. The van der Waals surface area contributed by atoms with Crippen LogP contribution in [0, 0.1) is 0 Å². The average Bonchev–Trinajstić information content (AvgIpc) is 2.46. The molecule has 0 aromatic heterocycles. The standard InChI is InChI=1S/2C6H15NO2.H3O4P/c2*1-8-5-3-7-4-6-9-2;1-5(2,3)4/h2*7H,3-6H2,1-2H3;(H3,1,2,3,4). The highest BCUT2D eigenvalue weighted by Crippen LogP contribution is 2.25. The molecular formula is C12H33N2O8P.